The summed E-state index contributed by atoms with van der Waals surface area (Å²) in [5.41, 5.74) is 2.48. The van der Waals surface area contributed by atoms with E-state index in [1.807, 2.05) is 24.3 Å². The predicted octanol–water partition coefficient (Wildman–Crippen LogP) is 4.34. The minimum Gasteiger partial charge on any atom is -0.381 e. The number of unbranched alkanes of at least 4 members (excludes halogenated alkanes) is 1. The third-order valence-corrected chi connectivity index (χ3v) is 7.23. The van der Waals surface area contributed by atoms with Crippen LogP contribution in [-0.2, 0) is 21.5 Å². The number of para-hydroxylation sites is 1. The summed E-state index contributed by atoms with van der Waals surface area (Å²) in [5, 5.41) is 3.98. The molecule has 5 rings (SSSR count). The van der Waals surface area contributed by atoms with Crippen LogP contribution in [0.4, 0.5) is 10.5 Å². The van der Waals surface area contributed by atoms with E-state index >= 15 is 0 Å². The number of H-pyrrole nitrogens is 1. The van der Waals surface area contributed by atoms with Crippen molar-refractivity contribution in [3.05, 3.63) is 65.4 Å². The molecule has 188 valence electrons. The Labute approximate surface area is 210 Å². The van der Waals surface area contributed by atoms with Crippen LogP contribution >= 0.6 is 0 Å². The number of aromatic amines is 1. The van der Waals surface area contributed by atoms with Crippen LogP contribution in [0.25, 0.3) is 10.9 Å². The summed E-state index contributed by atoms with van der Waals surface area (Å²) >= 11 is 0. The molecule has 0 saturated carbocycles. The minimum absolute atomic E-state index is 0.244. The Hall–Kier alpha value is -3.65. The van der Waals surface area contributed by atoms with Gasteiger partial charge in [-0.1, -0.05) is 37.6 Å². The molecule has 3 aromatic rings. The highest BCUT2D eigenvalue weighted by Crippen LogP contribution is 2.45. The fourth-order valence-corrected chi connectivity index (χ4v) is 5.23. The highest BCUT2D eigenvalue weighted by Gasteiger charge is 2.59. The maximum atomic E-state index is 13.8. The first-order valence-electron chi connectivity index (χ1n) is 12.7. The van der Waals surface area contributed by atoms with Crippen LogP contribution in [0.15, 0.2) is 48.5 Å². The van der Waals surface area contributed by atoms with E-state index in [-0.39, 0.29) is 17.8 Å². The van der Waals surface area contributed by atoms with Gasteiger partial charge in [-0.3, -0.25) is 9.59 Å². The number of hydrogen-bond donors (Lipinski definition) is 2. The van der Waals surface area contributed by atoms with Gasteiger partial charge in [0.05, 0.1) is 11.4 Å². The SMILES string of the molecule is CCCCOCCCNC(=O)c1cccc(N2C(=O)N3CCc4c([nH]c5ccccc45)C3(C)C2=O)c1. The van der Waals surface area contributed by atoms with Gasteiger partial charge in [0, 0.05) is 42.8 Å². The Morgan fingerprint density at radius 2 is 1.92 bits per heavy atom. The Bertz CT molecular complexity index is 1320. The molecule has 2 aromatic carbocycles. The number of carbonyl (C=O) groups excluding carboxylic acids is 3. The first-order valence-corrected chi connectivity index (χ1v) is 12.7. The second kappa shape index (κ2) is 9.78. The van der Waals surface area contributed by atoms with E-state index in [0.717, 1.165) is 48.0 Å². The number of hydrogen-bond acceptors (Lipinski definition) is 4. The number of rotatable bonds is 9. The van der Waals surface area contributed by atoms with Crippen LogP contribution in [-0.4, -0.2) is 54.0 Å². The van der Waals surface area contributed by atoms with Crippen LogP contribution in [0.5, 0.6) is 0 Å². The third-order valence-electron chi connectivity index (χ3n) is 7.23. The highest BCUT2D eigenvalue weighted by atomic mass is 16.5. The zero-order chi connectivity index (χ0) is 25.3. The van der Waals surface area contributed by atoms with Crippen LogP contribution < -0.4 is 10.2 Å². The average molecular weight is 489 g/mol. The fourth-order valence-electron chi connectivity index (χ4n) is 5.23. The Kier molecular flexibility index (Phi) is 6.53. The second-order valence-corrected chi connectivity index (χ2v) is 9.55. The monoisotopic (exact) mass is 488 g/mol. The van der Waals surface area contributed by atoms with E-state index in [1.165, 1.54) is 4.90 Å². The summed E-state index contributed by atoms with van der Waals surface area (Å²) in [7, 11) is 0. The molecule has 36 heavy (non-hydrogen) atoms. The molecule has 2 aliphatic rings. The quantitative estimate of drug-likeness (QED) is 0.346. The van der Waals surface area contributed by atoms with Gasteiger partial charge < -0.3 is 19.9 Å². The zero-order valence-electron chi connectivity index (χ0n) is 20.8. The molecule has 2 N–H and O–H groups in total. The number of nitrogens with zero attached hydrogens (tertiary/aromatic N) is 2. The summed E-state index contributed by atoms with van der Waals surface area (Å²) in [6, 6.07) is 14.3. The van der Waals surface area contributed by atoms with Crippen molar-refractivity contribution in [2.75, 3.05) is 31.2 Å². The highest BCUT2D eigenvalue weighted by molar-refractivity contribution is 6.24. The van der Waals surface area contributed by atoms with Crippen LogP contribution in [0.1, 0.15) is 54.7 Å². The molecule has 2 aliphatic heterocycles. The van der Waals surface area contributed by atoms with Crippen molar-refractivity contribution in [2.45, 2.75) is 45.1 Å². The van der Waals surface area contributed by atoms with Crippen molar-refractivity contribution in [1.82, 2.24) is 15.2 Å². The van der Waals surface area contributed by atoms with E-state index in [0.29, 0.717) is 37.4 Å². The van der Waals surface area contributed by atoms with Crippen molar-refractivity contribution in [1.29, 1.82) is 0 Å². The number of anilines is 1. The van der Waals surface area contributed by atoms with Gasteiger partial charge in [0.15, 0.2) is 5.54 Å². The summed E-state index contributed by atoms with van der Waals surface area (Å²) in [5.74, 6) is -0.562. The molecule has 0 bridgehead atoms. The lowest BCUT2D eigenvalue weighted by molar-refractivity contribution is -0.125. The molecule has 1 aromatic heterocycles. The Morgan fingerprint density at radius 1 is 1.11 bits per heavy atom. The van der Waals surface area contributed by atoms with Gasteiger partial charge in [-0.25, -0.2) is 9.69 Å². The van der Waals surface area contributed by atoms with Crippen molar-refractivity contribution in [3.63, 3.8) is 0 Å². The molecule has 3 heterocycles. The van der Waals surface area contributed by atoms with E-state index in [2.05, 4.69) is 17.2 Å². The number of imide groups is 1. The van der Waals surface area contributed by atoms with Crippen molar-refractivity contribution < 1.29 is 19.1 Å². The van der Waals surface area contributed by atoms with Gasteiger partial charge in [-0.05, 0) is 56.0 Å². The minimum atomic E-state index is -1.13. The lowest BCUT2D eigenvalue weighted by Gasteiger charge is -2.35. The molecular formula is C28H32N4O4. The molecule has 8 heteroatoms. The third kappa shape index (κ3) is 3.95. The lowest BCUT2D eigenvalue weighted by atomic mass is 9.87. The van der Waals surface area contributed by atoms with Crippen molar-refractivity contribution in [2.24, 2.45) is 0 Å². The number of ether oxygens (including phenoxy) is 1. The molecule has 4 amide bonds. The van der Waals surface area contributed by atoms with Crippen LogP contribution in [0.3, 0.4) is 0 Å². The number of benzene rings is 2. The summed E-state index contributed by atoms with van der Waals surface area (Å²) in [6.45, 7) is 6.20. The number of carbonyl (C=O) groups is 3. The largest absolute Gasteiger partial charge is 0.381 e. The Balaban J connectivity index is 1.34. The molecule has 0 spiro atoms. The lowest BCUT2D eigenvalue weighted by Crippen LogP contribution is -2.49. The predicted molar refractivity (Wildman–Crippen MR) is 138 cm³/mol. The molecule has 1 unspecified atom stereocenters. The molecule has 1 fully saturated rings. The van der Waals surface area contributed by atoms with Gasteiger partial charge in [0.1, 0.15) is 0 Å². The number of amides is 4. The first-order chi connectivity index (χ1) is 17.5. The van der Waals surface area contributed by atoms with Crippen LogP contribution in [0, 0.1) is 0 Å². The standard InChI is InChI=1S/C28H32N4O4/c1-3-4-16-36-17-8-14-29-25(33)19-9-7-10-20(18-19)32-26(34)28(2)24-22(13-15-31(28)27(32)35)21-11-5-6-12-23(21)30-24/h5-7,9-12,18,30H,3-4,8,13-17H2,1-2H3,(H,29,33). The summed E-state index contributed by atoms with van der Waals surface area (Å²) in [4.78, 5) is 46.3. The summed E-state index contributed by atoms with van der Waals surface area (Å²) < 4.78 is 5.53. The average Bonchev–Trinajstić information content (AvgIpc) is 3.37. The number of urea groups is 1. The molecule has 0 radical (unpaired) electrons. The molecule has 1 atom stereocenters. The number of fused-ring (bicyclic) bond motifs is 5. The maximum absolute atomic E-state index is 13.8. The van der Waals surface area contributed by atoms with Crippen LogP contribution in [0.2, 0.25) is 0 Å². The van der Waals surface area contributed by atoms with Crippen molar-refractivity contribution >= 4 is 34.4 Å². The van der Waals surface area contributed by atoms with Gasteiger partial charge in [-0.15, -0.1) is 0 Å². The number of nitrogens with one attached hydrogen (secondary N) is 2. The zero-order valence-corrected chi connectivity index (χ0v) is 20.8. The van der Waals surface area contributed by atoms with E-state index in [9.17, 15) is 14.4 Å². The first kappa shape index (κ1) is 24.1. The summed E-state index contributed by atoms with van der Waals surface area (Å²) in [6.07, 6.45) is 3.52. The fraction of sp³-hybridized carbons (Fsp3) is 0.393. The van der Waals surface area contributed by atoms with Crippen molar-refractivity contribution in [3.8, 4) is 0 Å². The van der Waals surface area contributed by atoms with E-state index < -0.39 is 5.54 Å². The topological polar surface area (TPSA) is 94.7 Å². The molecule has 8 nitrogen and oxygen atoms in total. The van der Waals surface area contributed by atoms with E-state index in [1.54, 1.807) is 36.1 Å². The normalized spacial score (nSPS) is 19.1. The van der Waals surface area contributed by atoms with Gasteiger partial charge in [-0.2, -0.15) is 0 Å². The maximum Gasteiger partial charge on any atom is 0.332 e. The van der Waals surface area contributed by atoms with E-state index in [4.69, 9.17) is 4.74 Å². The number of aromatic nitrogens is 1. The van der Waals surface area contributed by atoms with Gasteiger partial charge >= 0.3 is 6.03 Å². The molecule has 1 saturated heterocycles. The molecule has 0 aliphatic carbocycles. The second-order valence-electron chi connectivity index (χ2n) is 9.55. The van der Waals surface area contributed by atoms with Gasteiger partial charge in [0.25, 0.3) is 11.8 Å². The molecular weight excluding hydrogens is 456 g/mol. The smallest absolute Gasteiger partial charge is 0.332 e. The Morgan fingerprint density at radius 3 is 2.75 bits per heavy atom. The van der Waals surface area contributed by atoms with Gasteiger partial charge in [0.2, 0.25) is 0 Å².